The minimum absolute atomic E-state index is 0.000972. The molecule has 0 aromatic carbocycles. The van der Waals surface area contributed by atoms with E-state index < -0.39 is 5.92 Å². The number of hydrogen-bond donors (Lipinski definition) is 0. The Bertz CT molecular complexity index is 247. The summed E-state index contributed by atoms with van der Waals surface area (Å²) in [6.07, 6.45) is 2.86. The van der Waals surface area contributed by atoms with Gasteiger partial charge in [-0.25, -0.2) is 0 Å². The Morgan fingerprint density at radius 1 is 1.31 bits per heavy atom. The first-order valence-electron chi connectivity index (χ1n) is 4.90. The summed E-state index contributed by atoms with van der Waals surface area (Å²) in [4.78, 5) is 22.9. The molecule has 3 heteroatoms. The number of ketones is 1. The number of carbonyl (C=O) groups excluding carboxylic acids is 2. The van der Waals surface area contributed by atoms with E-state index in [-0.39, 0.29) is 17.9 Å². The van der Waals surface area contributed by atoms with Crippen LogP contribution in [0.4, 0.5) is 0 Å². The monoisotopic (exact) mass is 182 g/mol. The molecule has 2 saturated heterocycles. The molecular weight excluding hydrogens is 168 g/mol. The van der Waals surface area contributed by atoms with Crippen molar-refractivity contribution in [3.05, 3.63) is 0 Å². The zero-order chi connectivity index (χ0) is 9.42. The Morgan fingerprint density at radius 3 is 2.85 bits per heavy atom. The van der Waals surface area contributed by atoms with Gasteiger partial charge in [0.15, 0.2) is 0 Å². The van der Waals surface area contributed by atoms with Crippen LogP contribution < -0.4 is 0 Å². The van der Waals surface area contributed by atoms with Gasteiger partial charge in [-0.05, 0) is 25.2 Å². The van der Waals surface area contributed by atoms with Crippen LogP contribution in [0.1, 0.15) is 32.6 Å². The second-order valence-electron chi connectivity index (χ2n) is 4.19. The fraction of sp³-hybridized carbons (Fsp3) is 0.800. The summed E-state index contributed by atoms with van der Waals surface area (Å²) in [7, 11) is 0. The number of Topliss-reactive ketones (excluding diaryl/α,β-unsaturated/α-hetero) is 1. The quantitative estimate of drug-likeness (QED) is 0.419. The van der Waals surface area contributed by atoms with Crippen molar-refractivity contribution in [1.82, 2.24) is 0 Å². The summed E-state index contributed by atoms with van der Waals surface area (Å²) in [6.45, 7) is 2.08. The summed E-state index contributed by atoms with van der Waals surface area (Å²) in [6, 6.07) is 0. The molecule has 0 unspecified atom stereocenters. The van der Waals surface area contributed by atoms with E-state index in [0.717, 1.165) is 12.8 Å². The first-order chi connectivity index (χ1) is 6.16. The lowest BCUT2D eigenvalue weighted by molar-refractivity contribution is -0.152. The lowest BCUT2D eigenvalue weighted by Gasteiger charge is -2.17. The molecule has 0 spiro atoms. The SMILES string of the molecule is C[C@H]1C[C@@H]2CCC(=O)[C@H](C1)C(=O)O2. The molecule has 0 aromatic heterocycles. The number of fused-ring (bicyclic) bond motifs is 3. The van der Waals surface area contributed by atoms with Crippen molar-refractivity contribution in [2.75, 3.05) is 0 Å². The van der Waals surface area contributed by atoms with E-state index in [9.17, 15) is 9.59 Å². The molecule has 2 heterocycles. The lowest BCUT2D eigenvalue weighted by Crippen LogP contribution is -2.23. The average Bonchev–Trinajstić information content (AvgIpc) is 2.26. The summed E-state index contributed by atoms with van der Waals surface area (Å²) >= 11 is 0. The van der Waals surface area contributed by atoms with Gasteiger partial charge in [-0.1, -0.05) is 6.92 Å². The minimum Gasteiger partial charge on any atom is -0.462 e. The highest BCUT2D eigenvalue weighted by molar-refractivity contribution is 5.99. The first kappa shape index (κ1) is 8.73. The summed E-state index contributed by atoms with van der Waals surface area (Å²) in [5.74, 6) is -0.218. The number of esters is 1. The van der Waals surface area contributed by atoms with E-state index in [0.29, 0.717) is 18.8 Å². The van der Waals surface area contributed by atoms with Crippen molar-refractivity contribution in [3.8, 4) is 0 Å². The highest BCUT2D eigenvalue weighted by Crippen LogP contribution is 2.31. The van der Waals surface area contributed by atoms with Crippen molar-refractivity contribution in [2.45, 2.75) is 38.7 Å². The largest absolute Gasteiger partial charge is 0.462 e. The van der Waals surface area contributed by atoms with Crippen LogP contribution in [0.15, 0.2) is 0 Å². The summed E-state index contributed by atoms with van der Waals surface area (Å²) in [5.41, 5.74) is 0. The zero-order valence-electron chi connectivity index (χ0n) is 7.79. The Labute approximate surface area is 77.4 Å². The molecule has 0 aromatic rings. The van der Waals surface area contributed by atoms with Crippen molar-refractivity contribution < 1.29 is 14.3 Å². The van der Waals surface area contributed by atoms with Gasteiger partial charge in [0.05, 0.1) is 0 Å². The van der Waals surface area contributed by atoms with Crippen LogP contribution in [0.2, 0.25) is 0 Å². The molecule has 0 N–H and O–H groups in total. The number of ether oxygens (including phenoxy) is 1. The minimum atomic E-state index is -0.456. The van der Waals surface area contributed by atoms with Gasteiger partial charge in [0.2, 0.25) is 0 Å². The van der Waals surface area contributed by atoms with Crippen LogP contribution in [-0.4, -0.2) is 17.9 Å². The molecule has 3 atom stereocenters. The Hall–Kier alpha value is -0.860. The molecule has 2 rings (SSSR count). The predicted octanol–water partition coefficient (Wildman–Crippen LogP) is 1.31. The molecule has 0 amide bonds. The van der Waals surface area contributed by atoms with Gasteiger partial charge < -0.3 is 4.74 Å². The van der Waals surface area contributed by atoms with Crippen LogP contribution in [0.5, 0.6) is 0 Å². The van der Waals surface area contributed by atoms with Gasteiger partial charge in [0, 0.05) is 6.42 Å². The third-order valence-electron chi connectivity index (χ3n) is 2.97. The van der Waals surface area contributed by atoms with Crippen LogP contribution >= 0.6 is 0 Å². The molecule has 0 radical (unpaired) electrons. The highest BCUT2D eigenvalue weighted by atomic mass is 16.5. The second kappa shape index (κ2) is 3.13. The highest BCUT2D eigenvalue weighted by Gasteiger charge is 2.38. The Balaban J connectivity index is 2.26. The first-order valence-corrected chi connectivity index (χ1v) is 4.90. The molecule has 3 nitrogen and oxygen atoms in total. The van der Waals surface area contributed by atoms with Crippen molar-refractivity contribution in [3.63, 3.8) is 0 Å². The van der Waals surface area contributed by atoms with E-state index in [1.165, 1.54) is 0 Å². The number of hydrogen-bond acceptors (Lipinski definition) is 3. The normalized spacial score (nSPS) is 39.6. The molecule has 72 valence electrons. The third kappa shape index (κ3) is 1.60. The van der Waals surface area contributed by atoms with Gasteiger partial charge in [-0.2, -0.15) is 0 Å². The van der Waals surface area contributed by atoms with Gasteiger partial charge >= 0.3 is 5.97 Å². The maximum Gasteiger partial charge on any atom is 0.316 e. The van der Waals surface area contributed by atoms with Crippen LogP contribution in [-0.2, 0) is 14.3 Å². The third-order valence-corrected chi connectivity index (χ3v) is 2.97. The molecule has 13 heavy (non-hydrogen) atoms. The van der Waals surface area contributed by atoms with Crippen molar-refractivity contribution >= 4 is 11.8 Å². The standard InChI is InChI=1S/C10H14O3/c1-6-4-7-2-3-9(11)8(5-6)10(12)13-7/h6-8H,2-5H2,1H3/t6-,7-,8-/m0/s1. The van der Waals surface area contributed by atoms with E-state index in [4.69, 9.17) is 4.74 Å². The fourth-order valence-electron chi connectivity index (χ4n) is 2.26. The average molecular weight is 182 g/mol. The van der Waals surface area contributed by atoms with Crippen LogP contribution in [0.25, 0.3) is 0 Å². The maximum atomic E-state index is 11.5. The molecule has 0 aliphatic carbocycles. The van der Waals surface area contributed by atoms with Crippen molar-refractivity contribution in [2.24, 2.45) is 11.8 Å². The molecule has 2 aliphatic heterocycles. The summed E-state index contributed by atoms with van der Waals surface area (Å²) < 4.78 is 5.22. The lowest BCUT2D eigenvalue weighted by atomic mass is 9.85. The van der Waals surface area contributed by atoms with Gasteiger partial charge in [-0.15, -0.1) is 0 Å². The second-order valence-corrected chi connectivity index (χ2v) is 4.19. The van der Waals surface area contributed by atoms with Crippen molar-refractivity contribution in [1.29, 1.82) is 0 Å². The Kier molecular flexibility index (Phi) is 2.10. The van der Waals surface area contributed by atoms with E-state index >= 15 is 0 Å². The van der Waals surface area contributed by atoms with Gasteiger partial charge in [0.25, 0.3) is 0 Å². The molecule has 2 fully saturated rings. The molecular formula is C10H14O3. The van der Waals surface area contributed by atoms with E-state index in [1.54, 1.807) is 0 Å². The van der Waals surface area contributed by atoms with E-state index in [1.807, 2.05) is 0 Å². The van der Waals surface area contributed by atoms with Gasteiger partial charge in [0.1, 0.15) is 17.8 Å². The predicted molar refractivity (Wildman–Crippen MR) is 46.0 cm³/mol. The maximum absolute atomic E-state index is 11.5. The molecule has 0 saturated carbocycles. The zero-order valence-corrected chi connectivity index (χ0v) is 7.79. The van der Waals surface area contributed by atoms with Gasteiger partial charge in [-0.3, -0.25) is 9.59 Å². The number of carbonyl (C=O) groups is 2. The van der Waals surface area contributed by atoms with Crippen LogP contribution in [0.3, 0.4) is 0 Å². The topological polar surface area (TPSA) is 43.4 Å². The smallest absolute Gasteiger partial charge is 0.316 e. The fourth-order valence-corrected chi connectivity index (χ4v) is 2.26. The number of rotatable bonds is 0. The molecule has 2 aliphatic rings. The summed E-state index contributed by atoms with van der Waals surface area (Å²) in [5, 5.41) is 0. The molecule has 2 bridgehead atoms. The Morgan fingerprint density at radius 2 is 2.08 bits per heavy atom. The van der Waals surface area contributed by atoms with Crippen LogP contribution in [0, 0.1) is 11.8 Å². The van der Waals surface area contributed by atoms with E-state index in [2.05, 4.69) is 6.92 Å².